The summed E-state index contributed by atoms with van der Waals surface area (Å²) in [5.74, 6) is -2.55. The largest absolute Gasteiger partial charge is 0.478 e. The molecular weight excluding hydrogens is 210 g/mol. The van der Waals surface area contributed by atoms with Gasteiger partial charge in [0.15, 0.2) is 0 Å². The molecule has 0 saturated heterocycles. The molecule has 0 radical (unpaired) electrons. The number of pyridine rings is 1. The first kappa shape index (κ1) is 12.2. The van der Waals surface area contributed by atoms with E-state index in [1.165, 1.54) is 6.07 Å². The van der Waals surface area contributed by atoms with Gasteiger partial charge in [0, 0.05) is 17.3 Å². The number of hydrogen-bond donors (Lipinski definition) is 2. The maximum Gasteiger partial charge on any atom is 0.338 e. The molecule has 1 aromatic rings. The summed E-state index contributed by atoms with van der Waals surface area (Å²) < 4.78 is 0. The normalized spacial score (nSPS) is 11.2. The highest BCUT2D eigenvalue weighted by Crippen LogP contribution is 2.22. The minimum Gasteiger partial charge on any atom is -0.478 e. The Balaban J connectivity index is 3.40. The van der Waals surface area contributed by atoms with Crippen LogP contribution in [0.1, 0.15) is 47.2 Å². The number of nitrogens with zero attached hydrogens (tertiary/aromatic N) is 1. The highest BCUT2D eigenvalue weighted by Gasteiger charge is 2.22. The van der Waals surface area contributed by atoms with Crippen molar-refractivity contribution in [1.82, 2.24) is 4.98 Å². The molecule has 0 spiro atoms. The van der Waals surface area contributed by atoms with Crippen LogP contribution in [0.2, 0.25) is 0 Å². The van der Waals surface area contributed by atoms with Crippen LogP contribution in [0, 0.1) is 0 Å². The van der Waals surface area contributed by atoms with E-state index in [1.807, 2.05) is 20.8 Å². The molecule has 5 heteroatoms. The monoisotopic (exact) mass is 223 g/mol. The first-order valence-electron chi connectivity index (χ1n) is 4.70. The lowest BCUT2D eigenvalue weighted by Gasteiger charge is -2.18. The number of hydrogen-bond acceptors (Lipinski definition) is 3. The topological polar surface area (TPSA) is 87.5 Å². The molecule has 0 aliphatic rings. The minimum atomic E-state index is -1.29. The van der Waals surface area contributed by atoms with Gasteiger partial charge in [0.05, 0.1) is 11.1 Å². The average molecular weight is 223 g/mol. The molecule has 2 N–H and O–H groups in total. The fraction of sp³-hybridized carbons (Fsp3) is 0.364. The van der Waals surface area contributed by atoms with Crippen molar-refractivity contribution in [3.8, 4) is 0 Å². The van der Waals surface area contributed by atoms with Crippen LogP contribution in [0.4, 0.5) is 0 Å². The Morgan fingerprint density at radius 1 is 1.12 bits per heavy atom. The van der Waals surface area contributed by atoms with E-state index in [2.05, 4.69) is 4.98 Å². The lowest BCUT2D eigenvalue weighted by Crippen LogP contribution is -2.17. The second-order valence-electron chi connectivity index (χ2n) is 4.48. The van der Waals surface area contributed by atoms with Crippen LogP contribution in [0.15, 0.2) is 12.3 Å². The molecule has 0 bridgehead atoms. The highest BCUT2D eigenvalue weighted by molar-refractivity contribution is 6.01. The molecule has 1 rings (SSSR count). The lowest BCUT2D eigenvalue weighted by molar-refractivity contribution is 0.0650. The molecule has 1 aromatic heterocycles. The van der Waals surface area contributed by atoms with Gasteiger partial charge in [0.1, 0.15) is 0 Å². The second kappa shape index (κ2) is 3.92. The third-order valence-electron chi connectivity index (χ3n) is 2.13. The summed E-state index contributed by atoms with van der Waals surface area (Å²) >= 11 is 0. The van der Waals surface area contributed by atoms with Gasteiger partial charge in [0.2, 0.25) is 0 Å². The Bertz CT molecular complexity index is 446. The first-order chi connectivity index (χ1) is 7.23. The van der Waals surface area contributed by atoms with Crippen molar-refractivity contribution in [3.05, 3.63) is 29.1 Å². The Kier molecular flexibility index (Phi) is 2.98. The van der Waals surface area contributed by atoms with Crippen molar-refractivity contribution in [2.45, 2.75) is 26.2 Å². The highest BCUT2D eigenvalue weighted by atomic mass is 16.4. The Hall–Kier alpha value is -1.91. The van der Waals surface area contributed by atoms with Crippen molar-refractivity contribution < 1.29 is 19.8 Å². The summed E-state index contributed by atoms with van der Waals surface area (Å²) in [7, 11) is 0. The summed E-state index contributed by atoms with van der Waals surface area (Å²) in [5, 5.41) is 17.7. The summed E-state index contributed by atoms with van der Waals surface area (Å²) in [6.07, 6.45) is 1.09. The molecule has 1 heterocycles. The lowest BCUT2D eigenvalue weighted by atomic mass is 9.90. The van der Waals surface area contributed by atoms with Gasteiger partial charge >= 0.3 is 11.9 Å². The van der Waals surface area contributed by atoms with Crippen LogP contribution in [0.25, 0.3) is 0 Å². The molecule has 0 aromatic carbocycles. The third kappa shape index (κ3) is 2.36. The van der Waals surface area contributed by atoms with Crippen molar-refractivity contribution in [3.63, 3.8) is 0 Å². The SMILES string of the molecule is CC(C)(C)c1cc(C(=O)O)c(C(=O)O)cn1. The molecule has 86 valence electrons. The zero-order valence-corrected chi connectivity index (χ0v) is 9.31. The van der Waals surface area contributed by atoms with Crippen LogP contribution in [0.3, 0.4) is 0 Å². The molecule has 0 unspecified atom stereocenters. The predicted molar refractivity (Wildman–Crippen MR) is 56.9 cm³/mol. The van der Waals surface area contributed by atoms with E-state index in [-0.39, 0.29) is 16.5 Å². The molecule has 0 aliphatic heterocycles. The summed E-state index contributed by atoms with van der Waals surface area (Å²) in [5.41, 5.74) is -0.288. The summed E-state index contributed by atoms with van der Waals surface area (Å²) in [6.45, 7) is 5.63. The van der Waals surface area contributed by atoms with Crippen LogP contribution in [0.5, 0.6) is 0 Å². The predicted octanol–water partition coefficient (Wildman–Crippen LogP) is 1.78. The maximum atomic E-state index is 10.9. The van der Waals surface area contributed by atoms with Gasteiger partial charge in [-0.05, 0) is 6.07 Å². The minimum absolute atomic E-state index is 0.229. The van der Waals surface area contributed by atoms with E-state index in [4.69, 9.17) is 10.2 Å². The zero-order chi connectivity index (χ0) is 12.5. The van der Waals surface area contributed by atoms with E-state index in [0.29, 0.717) is 5.69 Å². The molecular formula is C11H13NO4. The summed E-state index contributed by atoms with van der Waals surface area (Å²) in [6, 6.07) is 1.31. The number of aromatic nitrogens is 1. The smallest absolute Gasteiger partial charge is 0.338 e. The van der Waals surface area contributed by atoms with Crippen molar-refractivity contribution >= 4 is 11.9 Å². The maximum absolute atomic E-state index is 10.9. The molecule has 0 fully saturated rings. The van der Waals surface area contributed by atoms with Crippen molar-refractivity contribution in [2.24, 2.45) is 0 Å². The molecule has 0 atom stereocenters. The van der Waals surface area contributed by atoms with Crippen LogP contribution in [-0.2, 0) is 5.41 Å². The fourth-order valence-electron chi connectivity index (χ4n) is 1.21. The number of aromatic carboxylic acids is 2. The first-order valence-corrected chi connectivity index (χ1v) is 4.70. The number of carboxylic acids is 2. The van der Waals surface area contributed by atoms with Gasteiger partial charge in [-0.2, -0.15) is 0 Å². The standard InChI is InChI=1S/C11H13NO4/c1-11(2,3)8-4-6(9(13)14)7(5-12-8)10(15)16/h4-5H,1-3H3,(H,13,14)(H,15,16). The second-order valence-corrected chi connectivity index (χ2v) is 4.48. The number of rotatable bonds is 2. The van der Waals surface area contributed by atoms with Crippen LogP contribution >= 0.6 is 0 Å². The van der Waals surface area contributed by atoms with Gasteiger partial charge in [-0.25, -0.2) is 9.59 Å². The third-order valence-corrected chi connectivity index (χ3v) is 2.13. The molecule has 5 nitrogen and oxygen atoms in total. The van der Waals surface area contributed by atoms with Gasteiger partial charge < -0.3 is 10.2 Å². The quantitative estimate of drug-likeness (QED) is 0.797. The zero-order valence-electron chi connectivity index (χ0n) is 9.31. The van der Waals surface area contributed by atoms with Gasteiger partial charge in [-0.15, -0.1) is 0 Å². The van der Waals surface area contributed by atoms with E-state index < -0.39 is 11.9 Å². The van der Waals surface area contributed by atoms with Gasteiger partial charge in [0.25, 0.3) is 0 Å². The Morgan fingerprint density at radius 2 is 1.62 bits per heavy atom. The van der Waals surface area contributed by atoms with E-state index in [1.54, 1.807) is 0 Å². The molecule has 16 heavy (non-hydrogen) atoms. The van der Waals surface area contributed by atoms with E-state index in [0.717, 1.165) is 6.20 Å². The average Bonchev–Trinajstić information content (AvgIpc) is 2.15. The Labute approximate surface area is 92.8 Å². The summed E-state index contributed by atoms with van der Waals surface area (Å²) in [4.78, 5) is 25.7. The molecule has 0 saturated carbocycles. The van der Waals surface area contributed by atoms with E-state index >= 15 is 0 Å². The van der Waals surface area contributed by atoms with Crippen molar-refractivity contribution in [2.75, 3.05) is 0 Å². The fourth-order valence-corrected chi connectivity index (χ4v) is 1.21. The van der Waals surface area contributed by atoms with Gasteiger partial charge in [-0.1, -0.05) is 20.8 Å². The van der Waals surface area contributed by atoms with Crippen molar-refractivity contribution in [1.29, 1.82) is 0 Å². The van der Waals surface area contributed by atoms with E-state index in [9.17, 15) is 9.59 Å². The molecule has 0 aliphatic carbocycles. The van der Waals surface area contributed by atoms with Crippen LogP contribution in [-0.4, -0.2) is 27.1 Å². The number of carbonyl (C=O) groups is 2. The van der Waals surface area contributed by atoms with Crippen LogP contribution < -0.4 is 0 Å². The van der Waals surface area contributed by atoms with Gasteiger partial charge in [-0.3, -0.25) is 4.98 Å². The molecule has 0 amide bonds. The number of carboxylic acid groups (broad SMARTS) is 2. The Morgan fingerprint density at radius 3 is 2.00 bits per heavy atom.